The van der Waals surface area contributed by atoms with Crippen molar-refractivity contribution in [1.82, 2.24) is 9.97 Å². The molecule has 0 aromatic carbocycles. The predicted molar refractivity (Wildman–Crippen MR) is 70.9 cm³/mol. The van der Waals surface area contributed by atoms with Gasteiger partial charge >= 0.3 is 0 Å². The van der Waals surface area contributed by atoms with E-state index in [0.717, 1.165) is 35.0 Å². The first-order chi connectivity index (χ1) is 8.02. The van der Waals surface area contributed by atoms with E-state index in [-0.39, 0.29) is 11.9 Å². The van der Waals surface area contributed by atoms with Crippen LogP contribution in [-0.4, -0.2) is 33.0 Å². The second-order valence-electron chi connectivity index (χ2n) is 4.74. The molecule has 1 aliphatic rings. The molecule has 0 atom stereocenters. The van der Waals surface area contributed by atoms with Crippen LogP contribution in [0.15, 0.2) is 4.90 Å². The van der Waals surface area contributed by atoms with Crippen LogP contribution in [0.5, 0.6) is 0 Å². The molecule has 4 nitrogen and oxygen atoms in total. The minimum absolute atomic E-state index is 0.0358. The summed E-state index contributed by atoms with van der Waals surface area (Å²) < 4.78 is 0. The third kappa shape index (κ3) is 3.03. The van der Waals surface area contributed by atoms with Crippen LogP contribution >= 0.6 is 23.4 Å². The molecule has 17 heavy (non-hydrogen) atoms. The van der Waals surface area contributed by atoms with Crippen molar-refractivity contribution in [3.63, 3.8) is 0 Å². The lowest BCUT2D eigenvalue weighted by molar-refractivity contribution is 0.233. The first-order valence-electron chi connectivity index (χ1n) is 5.60. The molecule has 0 saturated heterocycles. The number of aromatic nitrogens is 2. The summed E-state index contributed by atoms with van der Waals surface area (Å²) in [5.74, 6) is 1.82. The van der Waals surface area contributed by atoms with Crippen LogP contribution in [-0.2, 0) is 6.42 Å². The Morgan fingerprint density at radius 2 is 2.24 bits per heavy atom. The summed E-state index contributed by atoms with van der Waals surface area (Å²) in [5.41, 5.74) is 0.598. The van der Waals surface area contributed by atoms with Crippen molar-refractivity contribution in [3.05, 3.63) is 11.0 Å². The summed E-state index contributed by atoms with van der Waals surface area (Å²) in [6, 6.07) is 0. The number of nitrogens with one attached hydrogen (secondary N) is 1. The van der Waals surface area contributed by atoms with Gasteiger partial charge in [0.05, 0.1) is 22.7 Å². The highest BCUT2D eigenvalue weighted by molar-refractivity contribution is 7.99. The van der Waals surface area contributed by atoms with Gasteiger partial charge in [0.2, 0.25) is 5.28 Å². The fourth-order valence-electron chi connectivity index (χ4n) is 1.65. The third-order valence-corrected chi connectivity index (χ3v) is 3.94. The highest BCUT2D eigenvalue weighted by Gasteiger charge is 2.23. The Morgan fingerprint density at radius 1 is 1.47 bits per heavy atom. The second-order valence-corrected chi connectivity index (χ2v) is 6.18. The zero-order chi connectivity index (χ0) is 12.5. The minimum Gasteiger partial charge on any atom is -0.394 e. The summed E-state index contributed by atoms with van der Waals surface area (Å²) in [6.45, 7) is 3.87. The number of thioether (sulfide) groups is 1. The van der Waals surface area contributed by atoms with Crippen molar-refractivity contribution in [2.45, 2.75) is 37.1 Å². The SMILES string of the molecule is CC(C)(CO)Nc1nc(Cl)nc2c1SCCC2. The Bertz CT molecular complexity index is 425. The van der Waals surface area contributed by atoms with E-state index in [2.05, 4.69) is 15.3 Å². The molecule has 1 aromatic heterocycles. The van der Waals surface area contributed by atoms with E-state index >= 15 is 0 Å². The molecule has 0 amide bonds. The topological polar surface area (TPSA) is 58.0 Å². The molecule has 0 radical (unpaired) electrons. The number of anilines is 1. The van der Waals surface area contributed by atoms with Gasteiger partial charge in [0.15, 0.2) is 0 Å². The summed E-state index contributed by atoms with van der Waals surface area (Å²) in [5, 5.41) is 12.8. The van der Waals surface area contributed by atoms with E-state index in [1.807, 2.05) is 13.8 Å². The van der Waals surface area contributed by atoms with E-state index < -0.39 is 5.54 Å². The Balaban J connectivity index is 2.36. The molecule has 0 saturated carbocycles. The maximum Gasteiger partial charge on any atom is 0.224 e. The van der Waals surface area contributed by atoms with Gasteiger partial charge in [0, 0.05) is 0 Å². The molecule has 0 unspecified atom stereocenters. The second kappa shape index (κ2) is 5.00. The van der Waals surface area contributed by atoms with Crippen LogP contribution in [0.25, 0.3) is 0 Å². The largest absolute Gasteiger partial charge is 0.394 e. The molecule has 2 N–H and O–H groups in total. The molecule has 0 spiro atoms. The number of rotatable bonds is 3. The maximum absolute atomic E-state index is 9.28. The number of fused-ring (bicyclic) bond motifs is 1. The summed E-state index contributed by atoms with van der Waals surface area (Å²) in [6.07, 6.45) is 2.06. The Kier molecular flexibility index (Phi) is 3.80. The number of hydrogen-bond acceptors (Lipinski definition) is 5. The van der Waals surface area contributed by atoms with Crippen LogP contribution < -0.4 is 5.32 Å². The lowest BCUT2D eigenvalue weighted by atomic mass is 10.1. The zero-order valence-electron chi connectivity index (χ0n) is 9.96. The first kappa shape index (κ1) is 12.9. The van der Waals surface area contributed by atoms with Crippen molar-refractivity contribution >= 4 is 29.2 Å². The molecule has 1 aliphatic heterocycles. The summed E-state index contributed by atoms with van der Waals surface area (Å²) >= 11 is 7.67. The van der Waals surface area contributed by atoms with Crippen LogP contribution in [0.4, 0.5) is 5.82 Å². The third-order valence-electron chi connectivity index (χ3n) is 2.56. The molecular weight excluding hydrogens is 258 g/mol. The van der Waals surface area contributed by atoms with Crippen LogP contribution in [0.3, 0.4) is 0 Å². The molecule has 1 aromatic rings. The van der Waals surface area contributed by atoms with Crippen molar-refractivity contribution in [2.24, 2.45) is 0 Å². The van der Waals surface area contributed by atoms with Gasteiger partial charge in [0.1, 0.15) is 5.82 Å². The monoisotopic (exact) mass is 273 g/mol. The standard InChI is InChI=1S/C11H16ClN3OS/c1-11(2,6-16)15-9-8-7(4-3-5-17-8)13-10(12)14-9/h16H,3-6H2,1-2H3,(H,13,14,15). The van der Waals surface area contributed by atoms with Gasteiger partial charge in [-0.25, -0.2) is 4.98 Å². The molecular formula is C11H16ClN3OS. The smallest absolute Gasteiger partial charge is 0.224 e. The fraction of sp³-hybridized carbons (Fsp3) is 0.636. The van der Waals surface area contributed by atoms with Crippen LogP contribution in [0.2, 0.25) is 5.28 Å². The number of nitrogens with zero attached hydrogens (tertiary/aromatic N) is 2. The molecule has 2 heterocycles. The highest BCUT2D eigenvalue weighted by Crippen LogP contribution is 2.35. The Hall–Kier alpha value is -0.520. The normalized spacial score (nSPS) is 15.5. The molecule has 0 fully saturated rings. The van der Waals surface area contributed by atoms with Gasteiger partial charge in [-0.05, 0) is 44.0 Å². The lowest BCUT2D eigenvalue weighted by Crippen LogP contribution is -2.35. The van der Waals surface area contributed by atoms with E-state index in [1.165, 1.54) is 0 Å². The van der Waals surface area contributed by atoms with Gasteiger partial charge in [0.25, 0.3) is 0 Å². The molecule has 0 aliphatic carbocycles. The Labute approximate surface area is 110 Å². The summed E-state index contributed by atoms with van der Waals surface area (Å²) in [7, 11) is 0. The van der Waals surface area contributed by atoms with E-state index in [9.17, 15) is 5.11 Å². The minimum atomic E-state index is -0.413. The van der Waals surface area contributed by atoms with Gasteiger partial charge in [-0.3, -0.25) is 0 Å². The number of aliphatic hydroxyl groups is 1. The maximum atomic E-state index is 9.28. The quantitative estimate of drug-likeness (QED) is 0.828. The summed E-state index contributed by atoms with van der Waals surface area (Å²) in [4.78, 5) is 9.56. The lowest BCUT2D eigenvalue weighted by Gasteiger charge is -2.27. The van der Waals surface area contributed by atoms with Crippen molar-refractivity contribution in [3.8, 4) is 0 Å². The molecule has 94 valence electrons. The van der Waals surface area contributed by atoms with Gasteiger partial charge in [-0.1, -0.05) is 0 Å². The number of hydrogen-bond donors (Lipinski definition) is 2. The average molecular weight is 274 g/mol. The van der Waals surface area contributed by atoms with E-state index in [1.54, 1.807) is 11.8 Å². The predicted octanol–water partition coefficient (Wildman–Crippen LogP) is 2.35. The van der Waals surface area contributed by atoms with E-state index in [0.29, 0.717) is 0 Å². The van der Waals surface area contributed by atoms with Crippen LogP contribution in [0.1, 0.15) is 26.0 Å². The van der Waals surface area contributed by atoms with Crippen molar-refractivity contribution in [2.75, 3.05) is 17.7 Å². The highest BCUT2D eigenvalue weighted by atomic mass is 35.5. The first-order valence-corrected chi connectivity index (χ1v) is 6.96. The van der Waals surface area contributed by atoms with Crippen molar-refractivity contribution < 1.29 is 5.11 Å². The van der Waals surface area contributed by atoms with E-state index in [4.69, 9.17) is 11.6 Å². The van der Waals surface area contributed by atoms with Crippen LogP contribution in [0, 0.1) is 0 Å². The van der Waals surface area contributed by atoms with Crippen molar-refractivity contribution in [1.29, 1.82) is 0 Å². The van der Waals surface area contributed by atoms with Gasteiger partial charge in [-0.2, -0.15) is 4.98 Å². The van der Waals surface area contributed by atoms with Gasteiger partial charge in [-0.15, -0.1) is 11.8 Å². The zero-order valence-corrected chi connectivity index (χ0v) is 11.5. The number of aliphatic hydroxyl groups excluding tert-OH is 1. The molecule has 2 rings (SSSR count). The average Bonchev–Trinajstić information content (AvgIpc) is 2.28. The number of aryl methyl sites for hydroxylation is 1. The molecule has 6 heteroatoms. The van der Waals surface area contributed by atoms with Gasteiger partial charge < -0.3 is 10.4 Å². The Morgan fingerprint density at radius 3 is 2.94 bits per heavy atom. The number of halogens is 1. The fourth-order valence-corrected chi connectivity index (χ4v) is 2.87. The molecule has 0 bridgehead atoms.